The quantitative estimate of drug-likeness (QED) is 0.736. The second-order valence-electron chi connectivity index (χ2n) is 7.53. The van der Waals surface area contributed by atoms with Crippen LogP contribution >= 0.6 is 0 Å². The fourth-order valence-electron chi connectivity index (χ4n) is 3.41. The van der Waals surface area contributed by atoms with Crippen LogP contribution < -0.4 is 10.2 Å². The second-order valence-corrected chi connectivity index (χ2v) is 7.53. The molecule has 2 fully saturated rings. The molecule has 1 N–H and O–H groups in total. The number of nitrogens with zero attached hydrogens (tertiary/aromatic N) is 5. The van der Waals surface area contributed by atoms with Crippen molar-refractivity contribution in [3.05, 3.63) is 53.9 Å². The highest BCUT2D eigenvalue weighted by molar-refractivity contribution is 6.00. The van der Waals surface area contributed by atoms with E-state index in [1.54, 1.807) is 16.8 Å². The van der Waals surface area contributed by atoms with Gasteiger partial charge < -0.3 is 10.2 Å². The summed E-state index contributed by atoms with van der Waals surface area (Å²) in [5.74, 6) is 0.606. The van der Waals surface area contributed by atoms with Crippen molar-refractivity contribution in [2.45, 2.75) is 45.1 Å². The zero-order valence-electron chi connectivity index (χ0n) is 16.5. The maximum atomic E-state index is 12.3. The SMILES string of the molecule is Cc1ccc(F)cn1.O=C(NC1CCC1)c1cnn2ccc(N3CCCC3)nc12. The van der Waals surface area contributed by atoms with E-state index in [9.17, 15) is 9.18 Å². The standard InChI is InChI=1S/C15H19N5O.C6H6FN/c21-15(17-11-4-3-5-11)12-10-16-20-9-6-13(18-14(12)20)19-7-1-2-8-19;1-5-2-3-6(7)4-8-5/h6,9-11H,1-5,7-8H2,(H,17,21);2-4H,1H3. The molecule has 4 heterocycles. The largest absolute Gasteiger partial charge is 0.357 e. The van der Waals surface area contributed by atoms with Gasteiger partial charge in [-0.3, -0.25) is 9.78 Å². The van der Waals surface area contributed by atoms with Crippen molar-refractivity contribution in [2.75, 3.05) is 18.0 Å². The number of pyridine rings is 1. The van der Waals surface area contributed by atoms with Crippen LogP contribution in [0, 0.1) is 12.7 Å². The summed E-state index contributed by atoms with van der Waals surface area (Å²) in [5, 5.41) is 7.29. The van der Waals surface area contributed by atoms with Gasteiger partial charge in [0.15, 0.2) is 5.65 Å². The summed E-state index contributed by atoms with van der Waals surface area (Å²) < 4.78 is 13.7. The molecule has 7 nitrogen and oxygen atoms in total. The highest BCUT2D eigenvalue weighted by Gasteiger charge is 2.23. The number of amides is 1. The van der Waals surface area contributed by atoms with Crippen molar-refractivity contribution >= 4 is 17.4 Å². The molecule has 8 heteroatoms. The summed E-state index contributed by atoms with van der Waals surface area (Å²) in [4.78, 5) is 23.0. The highest BCUT2D eigenvalue weighted by Crippen LogP contribution is 2.21. The Morgan fingerprint density at radius 2 is 1.93 bits per heavy atom. The summed E-state index contributed by atoms with van der Waals surface area (Å²) >= 11 is 0. The van der Waals surface area contributed by atoms with Crippen LogP contribution in [0.5, 0.6) is 0 Å². The number of carbonyl (C=O) groups is 1. The van der Waals surface area contributed by atoms with E-state index >= 15 is 0 Å². The molecule has 3 aromatic rings. The third kappa shape index (κ3) is 4.52. The van der Waals surface area contributed by atoms with Crippen LogP contribution in [0.2, 0.25) is 0 Å². The first-order chi connectivity index (χ1) is 14.1. The fraction of sp³-hybridized carbons (Fsp3) is 0.429. The Morgan fingerprint density at radius 3 is 2.55 bits per heavy atom. The summed E-state index contributed by atoms with van der Waals surface area (Å²) in [6.45, 7) is 3.90. The molecule has 1 aliphatic carbocycles. The summed E-state index contributed by atoms with van der Waals surface area (Å²) in [6.07, 6.45) is 10.5. The van der Waals surface area contributed by atoms with Crippen LogP contribution in [0.1, 0.15) is 48.2 Å². The van der Waals surface area contributed by atoms with E-state index in [0.717, 1.165) is 37.4 Å². The van der Waals surface area contributed by atoms with Gasteiger partial charge >= 0.3 is 0 Å². The first-order valence-corrected chi connectivity index (χ1v) is 10.1. The van der Waals surface area contributed by atoms with E-state index in [1.165, 1.54) is 31.5 Å². The van der Waals surface area contributed by atoms with E-state index in [2.05, 4.69) is 25.3 Å². The van der Waals surface area contributed by atoms with Gasteiger partial charge in [0, 0.05) is 31.0 Å². The van der Waals surface area contributed by atoms with Crippen molar-refractivity contribution in [3.63, 3.8) is 0 Å². The molecule has 2 aliphatic rings. The minimum atomic E-state index is -0.282. The summed E-state index contributed by atoms with van der Waals surface area (Å²) in [5.41, 5.74) is 2.06. The number of fused-ring (bicyclic) bond motifs is 1. The predicted molar refractivity (Wildman–Crippen MR) is 108 cm³/mol. The van der Waals surface area contributed by atoms with Crippen LogP contribution in [-0.2, 0) is 0 Å². The Labute approximate surface area is 169 Å². The first kappa shape index (κ1) is 19.3. The number of nitrogens with one attached hydrogen (secondary N) is 1. The molecule has 1 amide bonds. The molecule has 0 unspecified atom stereocenters. The lowest BCUT2D eigenvalue weighted by Gasteiger charge is -2.26. The highest BCUT2D eigenvalue weighted by atomic mass is 19.1. The third-order valence-corrected chi connectivity index (χ3v) is 5.34. The molecular formula is C21H25FN6O. The van der Waals surface area contributed by atoms with Crippen LogP contribution in [0.15, 0.2) is 36.8 Å². The van der Waals surface area contributed by atoms with E-state index in [1.807, 2.05) is 19.2 Å². The van der Waals surface area contributed by atoms with Crippen LogP contribution in [-0.4, -0.2) is 44.6 Å². The molecule has 1 saturated heterocycles. The number of aryl methyl sites for hydroxylation is 1. The molecule has 0 spiro atoms. The number of rotatable bonds is 3. The van der Waals surface area contributed by atoms with Gasteiger partial charge in [0.05, 0.1) is 12.4 Å². The number of hydrogen-bond acceptors (Lipinski definition) is 5. The minimum absolute atomic E-state index is 0.0548. The van der Waals surface area contributed by atoms with Crippen molar-refractivity contribution < 1.29 is 9.18 Å². The monoisotopic (exact) mass is 396 g/mol. The molecule has 1 saturated carbocycles. The van der Waals surface area contributed by atoms with E-state index < -0.39 is 0 Å². The maximum absolute atomic E-state index is 12.3. The van der Waals surface area contributed by atoms with Crippen molar-refractivity contribution in [1.82, 2.24) is 24.9 Å². The van der Waals surface area contributed by atoms with E-state index in [4.69, 9.17) is 0 Å². The Kier molecular flexibility index (Phi) is 5.69. The average Bonchev–Trinajstić information content (AvgIpc) is 3.36. The number of halogens is 1. The second kappa shape index (κ2) is 8.55. The van der Waals surface area contributed by atoms with Crippen molar-refractivity contribution in [3.8, 4) is 0 Å². The Balaban J connectivity index is 0.000000216. The van der Waals surface area contributed by atoms with E-state index in [-0.39, 0.29) is 11.7 Å². The third-order valence-electron chi connectivity index (χ3n) is 5.34. The van der Waals surface area contributed by atoms with Gasteiger partial charge in [0.25, 0.3) is 5.91 Å². The molecule has 0 bridgehead atoms. The number of aromatic nitrogens is 4. The van der Waals surface area contributed by atoms with Crippen LogP contribution in [0.3, 0.4) is 0 Å². The Hall–Kier alpha value is -3.03. The van der Waals surface area contributed by atoms with Gasteiger partial charge in [0.1, 0.15) is 17.2 Å². The molecule has 0 radical (unpaired) electrons. The smallest absolute Gasteiger partial charge is 0.256 e. The molecule has 5 rings (SSSR count). The van der Waals surface area contributed by atoms with E-state index in [0.29, 0.717) is 17.3 Å². The Morgan fingerprint density at radius 1 is 1.14 bits per heavy atom. The van der Waals surface area contributed by atoms with Gasteiger partial charge in [0.2, 0.25) is 0 Å². The minimum Gasteiger partial charge on any atom is -0.357 e. The predicted octanol–water partition coefficient (Wildman–Crippen LogP) is 3.14. The molecule has 3 aromatic heterocycles. The molecule has 152 valence electrons. The number of carbonyl (C=O) groups excluding carboxylic acids is 1. The van der Waals surface area contributed by atoms with Crippen molar-refractivity contribution in [1.29, 1.82) is 0 Å². The lowest BCUT2D eigenvalue weighted by atomic mass is 9.93. The number of anilines is 1. The zero-order chi connectivity index (χ0) is 20.2. The molecule has 0 atom stereocenters. The topological polar surface area (TPSA) is 75.4 Å². The molecule has 1 aliphatic heterocycles. The lowest BCUT2D eigenvalue weighted by Crippen LogP contribution is -2.39. The summed E-state index contributed by atoms with van der Waals surface area (Å²) in [6, 6.07) is 5.32. The Bertz CT molecular complexity index is 956. The van der Waals surface area contributed by atoms with Gasteiger partial charge in [-0.1, -0.05) is 0 Å². The van der Waals surface area contributed by atoms with Gasteiger partial charge in [-0.25, -0.2) is 13.9 Å². The molecule has 29 heavy (non-hydrogen) atoms. The van der Waals surface area contributed by atoms with Gasteiger partial charge in [-0.15, -0.1) is 0 Å². The molecular weight excluding hydrogens is 371 g/mol. The van der Waals surface area contributed by atoms with Gasteiger partial charge in [-0.2, -0.15) is 5.10 Å². The fourth-order valence-corrected chi connectivity index (χ4v) is 3.41. The first-order valence-electron chi connectivity index (χ1n) is 10.1. The summed E-state index contributed by atoms with van der Waals surface area (Å²) in [7, 11) is 0. The number of hydrogen-bond donors (Lipinski definition) is 1. The molecule has 0 aromatic carbocycles. The average molecular weight is 396 g/mol. The zero-order valence-corrected chi connectivity index (χ0v) is 16.5. The van der Waals surface area contributed by atoms with Gasteiger partial charge in [-0.05, 0) is 57.2 Å². The van der Waals surface area contributed by atoms with Crippen LogP contribution in [0.25, 0.3) is 5.65 Å². The maximum Gasteiger partial charge on any atom is 0.256 e. The van der Waals surface area contributed by atoms with Crippen molar-refractivity contribution in [2.24, 2.45) is 0 Å². The van der Waals surface area contributed by atoms with Crippen LogP contribution in [0.4, 0.5) is 10.2 Å². The lowest BCUT2D eigenvalue weighted by molar-refractivity contribution is 0.0918. The normalized spacial score (nSPS) is 16.3.